The normalized spacial score (nSPS) is 11.8. The summed E-state index contributed by atoms with van der Waals surface area (Å²) in [4.78, 5) is 21.8. The van der Waals surface area contributed by atoms with Gasteiger partial charge in [0, 0.05) is 18.9 Å². The van der Waals surface area contributed by atoms with E-state index in [1.165, 1.54) is 4.68 Å². The van der Waals surface area contributed by atoms with Gasteiger partial charge in [-0.2, -0.15) is 5.10 Å². The maximum absolute atomic E-state index is 12.9. The minimum atomic E-state index is -0.402. The molecule has 3 N–H and O–H groups in total. The van der Waals surface area contributed by atoms with Gasteiger partial charge in [0.15, 0.2) is 0 Å². The molecular weight excluding hydrogens is 428 g/mol. The predicted octanol–water partition coefficient (Wildman–Crippen LogP) is 3.57. The number of carbonyl (C=O) groups is 1. The Morgan fingerprint density at radius 2 is 1.76 bits per heavy atom. The molecule has 4 rings (SSSR count). The molecule has 0 radical (unpaired) electrons. The standard InChI is InChI=1S/C26H28N6O2/c1-17-11-18(2)13-20(12-17)29-26-27-10-9-22(30-26)23-15-24(32(3)31-23)25(34)28-21(16-33)14-19-7-5-4-6-8-19/h4-13,15,21,33H,14,16H2,1-3H3,(H,28,34)(H,27,29,30)/t21-/m0/s1. The maximum atomic E-state index is 12.9. The van der Waals surface area contributed by atoms with Crippen LogP contribution in [0.25, 0.3) is 11.4 Å². The van der Waals surface area contributed by atoms with Crippen LogP contribution in [0.15, 0.2) is 66.9 Å². The smallest absolute Gasteiger partial charge is 0.269 e. The van der Waals surface area contributed by atoms with Gasteiger partial charge in [0.2, 0.25) is 5.95 Å². The molecule has 2 aromatic carbocycles. The van der Waals surface area contributed by atoms with Gasteiger partial charge in [-0.3, -0.25) is 9.48 Å². The van der Waals surface area contributed by atoms with E-state index in [9.17, 15) is 9.90 Å². The van der Waals surface area contributed by atoms with Crippen molar-refractivity contribution in [1.29, 1.82) is 0 Å². The fraction of sp³-hybridized carbons (Fsp3) is 0.231. The van der Waals surface area contributed by atoms with E-state index in [2.05, 4.69) is 31.8 Å². The molecule has 1 amide bonds. The summed E-state index contributed by atoms with van der Waals surface area (Å²) in [5.74, 6) is 0.140. The van der Waals surface area contributed by atoms with Crippen LogP contribution in [0.1, 0.15) is 27.2 Å². The average Bonchev–Trinajstić information content (AvgIpc) is 3.20. The van der Waals surface area contributed by atoms with E-state index in [1.54, 1.807) is 25.4 Å². The van der Waals surface area contributed by atoms with Crippen LogP contribution in [0, 0.1) is 13.8 Å². The predicted molar refractivity (Wildman–Crippen MR) is 132 cm³/mol. The second kappa shape index (κ2) is 10.3. The van der Waals surface area contributed by atoms with Gasteiger partial charge in [0.25, 0.3) is 5.91 Å². The summed E-state index contributed by atoms with van der Waals surface area (Å²) in [7, 11) is 1.71. The fourth-order valence-corrected chi connectivity index (χ4v) is 3.86. The molecule has 8 heteroatoms. The lowest BCUT2D eigenvalue weighted by Gasteiger charge is -2.16. The van der Waals surface area contributed by atoms with E-state index >= 15 is 0 Å². The van der Waals surface area contributed by atoms with Crippen molar-refractivity contribution in [2.75, 3.05) is 11.9 Å². The summed E-state index contributed by atoms with van der Waals surface area (Å²) in [6.45, 7) is 3.92. The topological polar surface area (TPSA) is 105 Å². The van der Waals surface area contributed by atoms with Gasteiger partial charge in [-0.05, 0) is 61.2 Å². The third-order valence-electron chi connectivity index (χ3n) is 5.39. The number of benzene rings is 2. The summed E-state index contributed by atoms with van der Waals surface area (Å²) in [6, 6.07) is 18.9. The highest BCUT2D eigenvalue weighted by Gasteiger charge is 2.19. The molecule has 0 aliphatic rings. The highest BCUT2D eigenvalue weighted by Crippen LogP contribution is 2.21. The second-order valence-electron chi connectivity index (χ2n) is 8.35. The minimum absolute atomic E-state index is 0.162. The Kier molecular flexibility index (Phi) is 6.98. The molecule has 8 nitrogen and oxygen atoms in total. The fourth-order valence-electron chi connectivity index (χ4n) is 3.86. The Labute approximate surface area is 198 Å². The molecular formula is C26H28N6O2. The van der Waals surface area contributed by atoms with Crippen LogP contribution in [0.5, 0.6) is 0 Å². The number of hydrogen-bond donors (Lipinski definition) is 3. The number of carbonyl (C=O) groups excluding carboxylic acids is 1. The molecule has 0 saturated carbocycles. The molecule has 1 atom stereocenters. The molecule has 4 aromatic rings. The minimum Gasteiger partial charge on any atom is -0.394 e. The first-order valence-corrected chi connectivity index (χ1v) is 11.1. The third kappa shape index (κ3) is 5.65. The first-order valence-electron chi connectivity index (χ1n) is 11.1. The zero-order chi connectivity index (χ0) is 24.1. The lowest BCUT2D eigenvalue weighted by molar-refractivity contribution is 0.0907. The number of nitrogens with one attached hydrogen (secondary N) is 2. The Hall–Kier alpha value is -4.04. The van der Waals surface area contributed by atoms with E-state index in [0.717, 1.165) is 22.4 Å². The van der Waals surface area contributed by atoms with Gasteiger partial charge in [0.05, 0.1) is 18.3 Å². The Morgan fingerprint density at radius 3 is 2.47 bits per heavy atom. The molecule has 174 valence electrons. The van der Waals surface area contributed by atoms with Crippen LogP contribution < -0.4 is 10.6 Å². The number of aryl methyl sites for hydroxylation is 3. The molecule has 0 bridgehead atoms. The highest BCUT2D eigenvalue weighted by molar-refractivity contribution is 5.93. The largest absolute Gasteiger partial charge is 0.394 e. The second-order valence-corrected chi connectivity index (χ2v) is 8.35. The Bertz CT molecular complexity index is 1270. The van der Waals surface area contributed by atoms with Crippen LogP contribution in [0.4, 0.5) is 11.6 Å². The molecule has 0 unspecified atom stereocenters. The first kappa shape index (κ1) is 23.1. The van der Waals surface area contributed by atoms with Crippen molar-refractivity contribution < 1.29 is 9.90 Å². The maximum Gasteiger partial charge on any atom is 0.269 e. The van der Waals surface area contributed by atoms with Crippen molar-refractivity contribution in [1.82, 2.24) is 25.1 Å². The number of nitrogens with zero attached hydrogens (tertiary/aromatic N) is 4. The average molecular weight is 457 g/mol. The molecule has 2 heterocycles. The third-order valence-corrected chi connectivity index (χ3v) is 5.39. The van der Waals surface area contributed by atoms with Gasteiger partial charge in [-0.25, -0.2) is 9.97 Å². The Balaban J connectivity index is 1.50. The summed E-state index contributed by atoms with van der Waals surface area (Å²) >= 11 is 0. The van der Waals surface area contributed by atoms with Crippen LogP contribution in [0.3, 0.4) is 0 Å². The van der Waals surface area contributed by atoms with Crippen molar-refractivity contribution in [3.8, 4) is 11.4 Å². The summed E-state index contributed by atoms with van der Waals surface area (Å²) in [5.41, 5.74) is 5.77. The van der Waals surface area contributed by atoms with E-state index in [0.29, 0.717) is 29.5 Å². The lowest BCUT2D eigenvalue weighted by atomic mass is 10.1. The molecule has 0 spiro atoms. The Morgan fingerprint density at radius 1 is 1.03 bits per heavy atom. The summed E-state index contributed by atoms with van der Waals surface area (Å²) in [5, 5.41) is 20.4. The number of aliphatic hydroxyl groups is 1. The lowest BCUT2D eigenvalue weighted by Crippen LogP contribution is -2.39. The number of rotatable bonds is 8. The zero-order valence-corrected chi connectivity index (χ0v) is 19.5. The quantitative estimate of drug-likeness (QED) is 0.374. The van der Waals surface area contributed by atoms with Crippen LogP contribution in [-0.2, 0) is 13.5 Å². The van der Waals surface area contributed by atoms with Crippen molar-refractivity contribution in [2.45, 2.75) is 26.3 Å². The summed E-state index contributed by atoms with van der Waals surface area (Å²) in [6.07, 6.45) is 2.19. The van der Waals surface area contributed by atoms with Crippen molar-refractivity contribution >= 4 is 17.5 Å². The molecule has 34 heavy (non-hydrogen) atoms. The van der Waals surface area contributed by atoms with Crippen molar-refractivity contribution in [2.24, 2.45) is 7.05 Å². The zero-order valence-electron chi connectivity index (χ0n) is 19.5. The van der Waals surface area contributed by atoms with Gasteiger partial charge in [-0.15, -0.1) is 0 Å². The number of hydrogen-bond acceptors (Lipinski definition) is 6. The molecule has 0 saturated heterocycles. The van der Waals surface area contributed by atoms with E-state index in [4.69, 9.17) is 0 Å². The number of amides is 1. The highest BCUT2D eigenvalue weighted by atomic mass is 16.3. The van der Waals surface area contributed by atoms with Crippen molar-refractivity contribution in [3.63, 3.8) is 0 Å². The molecule has 2 aromatic heterocycles. The van der Waals surface area contributed by atoms with E-state index in [-0.39, 0.29) is 12.5 Å². The van der Waals surface area contributed by atoms with Gasteiger partial charge >= 0.3 is 0 Å². The summed E-state index contributed by atoms with van der Waals surface area (Å²) < 4.78 is 1.51. The van der Waals surface area contributed by atoms with Gasteiger partial charge in [-0.1, -0.05) is 36.4 Å². The van der Waals surface area contributed by atoms with E-state index in [1.807, 2.05) is 56.3 Å². The molecule has 0 aliphatic carbocycles. The van der Waals surface area contributed by atoms with Crippen LogP contribution in [-0.4, -0.2) is 43.4 Å². The van der Waals surface area contributed by atoms with Gasteiger partial charge in [0.1, 0.15) is 11.4 Å². The molecule has 0 aliphatic heterocycles. The van der Waals surface area contributed by atoms with Crippen LogP contribution in [0.2, 0.25) is 0 Å². The number of aliphatic hydroxyl groups excluding tert-OH is 1. The first-order chi connectivity index (χ1) is 16.4. The SMILES string of the molecule is Cc1cc(C)cc(Nc2nccc(-c3cc(C(=O)N[C@H](CO)Cc4ccccc4)n(C)n3)n2)c1. The van der Waals surface area contributed by atoms with Gasteiger partial charge < -0.3 is 15.7 Å². The monoisotopic (exact) mass is 456 g/mol. The number of aromatic nitrogens is 4. The van der Waals surface area contributed by atoms with Crippen LogP contribution >= 0.6 is 0 Å². The molecule has 0 fully saturated rings. The van der Waals surface area contributed by atoms with Crippen molar-refractivity contribution in [3.05, 3.63) is 89.2 Å². The van der Waals surface area contributed by atoms with E-state index < -0.39 is 6.04 Å². The number of anilines is 2.